The van der Waals surface area contributed by atoms with Gasteiger partial charge < -0.3 is 21.3 Å². The summed E-state index contributed by atoms with van der Waals surface area (Å²) in [4.78, 5) is 22.8. The molecule has 1 fully saturated rings. The third kappa shape index (κ3) is 4.47. The first-order valence-corrected chi connectivity index (χ1v) is 6.74. The van der Waals surface area contributed by atoms with Crippen LogP contribution in [0.3, 0.4) is 0 Å². The highest BCUT2D eigenvalue weighted by molar-refractivity contribution is 5.83. The number of aliphatic hydroxyl groups is 1. The average Bonchev–Trinajstić information content (AvgIpc) is 2.35. The van der Waals surface area contributed by atoms with E-state index in [9.17, 15) is 14.7 Å². The molecule has 0 saturated heterocycles. The van der Waals surface area contributed by atoms with Crippen LogP contribution in [-0.4, -0.2) is 40.8 Å². The van der Waals surface area contributed by atoms with Gasteiger partial charge >= 0.3 is 5.97 Å². The molecule has 1 saturated carbocycles. The Balaban J connectivity index is 2.56. The van der Waals surface area contributed by atoms with Crippen molar-refractivity contribution in [3.05, 3.63) is 0 Å². The van der Waals surface area contributed by atoms with Crippen molar-refractivity contribution in [3.63, 3.8) is 0 Å². The Morgan fingerprint density at radius 2 is 1.89 bits per heavy atom. The maximum absolute atomic E-state index is 12.2. The normalized spacial score (nSPS) is 21.4. The molecular formula is C13H24N2O4. The Morgan fingerprint density at radius 3 is 2.37 bits per heavy atom. The van der Waals surface area contributed by atoms with Crippen LogP contribution in [0, 0.1) is 5.41 Å². The lowest BCUT2D eigenvalue weighted by molar-refractivity contribution is -0.143. The van der Waals surface area contributed by atoms with E-state index in [-0.39, 0.29) is 12.5 Å². The minimum Gasteiger partial charge on any atom is -0.481 e. The van der Waals surface area contributed by atoms with Gasteiger partial charge in [0.15, 0.2) is 0 Å². The van der Waals surface area contributed by atoms with Gasteiger partial charge in [0.1, 0.15) is 0 Å². The zero-order valence-electron chi connectivity index (χ0n) is 11.4. The molecule has 1 atom stereocenters. The van der Waals surface area contributed by atoms with Crippen molar-refractivity contribution in [3.8, 4) is 0 Å². The monoisotopic (exact) mass is 272 g/mol. The molecule has 0 aromatic heterocycles. The average molecular weight is 272 g/mol. The molecule has 110 valence electrons. The van der Waals surface area contributed by atoms with Crippen molar-refractivity contribution in [2.24, 2.45) is 11.1 Å². The predicted octanol–water partition coefficient (Wildman–Crippen LogP) is 0.237. The third-order valence-corrected chi connectivity index (χ3v) is 3.84. The molecule has 5 N–H and O–H groups in total. The molecule has 1 rings (SSSR count). The van der Waals surface area contributed by atoms with Crippen molar-refractivity contribution in [1.82, 2.24) is 5.32 Å². The Labute approximate surface area is 113 Å². The fraction of sp³-hybridized carbons (Fsp3) is 0.846. The summed E-state index contributed by atoms with van der Waals surface area (Å²) in [5.74, 6) is -1.26. The number of amides is 1. The van der Waals surface area contributed by atoms with Gasteiger partial charge in [-0.1, -0.05) is 19.3 Å². The molecule has 0 spiro atoms. The summed E-state index contributed by atoms with van der Waals surface area (Å²) >= 11 is 0. The van der Waals surface area contributed by atoms with Crippen molar-refractivity contribution in [2.45, 2.75) is 51.0 Å². The largest absolute Gasteiger partial charge is 0.481 e. The van der Waals surface area contributed by atoms with Gasteiger partial charge in [0.2, 0.25) is 5.91 Å². The van der Waals surface area contributed by atoms with E-state index in [4.69, 9.17) is 10.8 Å². The number of aliphatic carboxylic acids is 1. The van der Waals surface area contributed by atoms with E-state index in [1.165, 1.54) is 6.92 Å². The van der Waals surface area contributed by atoms with Crippen LogP contribution in [0.5, 0.6) is 0 Å². The highest BCUT2D eigenvalue weighted by atomic mass is 16.4. The van der Waals surface area contributed by atoms with Gasteiger partial charge in [-0.25, -0.2) is 0 Å². The second kappa shape index (κ2) is 6.34. The van der Waals surface area contributed by atoms with Crippen LogP contribution >= 0.6 is 0 Å². The zero-order valence-corrected chi connectivity index (χ0v) is 11.4. The third-order valence-electron chi connectivity index (χ3n) is 3.84. The number of carbonyl (C=O) groups excluding carboxylic acids is 1. The van der Waals surface area contributed by atoms with E-state index in [0.717, 1.165) is 32.1 Å². The highest BCUT2D eigenvalue weighted by Crippen LogP contribution is 2.35. The van der Waals surface area contributed by atoms with Crippen LogP contribution in [0.2, 0.25) is 0 Å². The van der Waals surface area contributed by atoms with Gasteiger partial charge in [-0.15, -0.1) is 0 Å². The van der Waals surface area contributed by atoms with Crippen LogP contribution < -0.4 is 11.1 Å². The molecule has 1 aliphatic rings. The molecule has 0 aliphatic heterocycles. The number of carbonyl (C=O) groups is 2. The zero-order chi connectivity index (χ0) is 14.5. The molecule has 0 radical (unpaired) electrons. The standard InChI is InChI=1S/C13H24N2O4/c1-12(19,7-10(16)17)9-15-11(18)13(8-14)5-3-2-4-6-13/h19H,2-9,14H2,1H3,(H,15,18)(H,16,17). The lowest BCUT2D eigenvalue weighted by atomic mass is 9.73. The first kappa shape index (κ1) is 15.9. The maximum Gasteiger partial charge on any atom is 0.306 e. The molecule has 19 heavy (non-hydrogen) atoms. The molecular weight excluding hydrogens is 248 g/mol. The Morgan fingerprint density at radius 1 is 1.32 bits per heavy atom. The number of nitrogens with two attached hydrogens (primary N) is 1. The van der Waals surface area contributed by atoms with Gasteiger partial charge in [0.25, 0.3) is 0 Å². The lowest BCUT2D eigenvalue weighted by Crippen LogP contribution is -2.51. The molecule has 1 unspecified atom stereocenters. The topological polar surface area (TPSA) is 113 Å². The van der Waals surface area contributed by atoms with Gasteiger partial charge in [-0.2, -0.15) is 0 Å². The van der Waals surface area contributed by atoms with Gasteiger partial charge in [0.05, 0.1) is 17.4 Å². The van der Waals surface area contributed by atoms with Crippen LogP contribution in [0.4, 0.5) is 0 Å². The minimum absolute atomic E-state index is 0.0696. The number of rotatable bonds is 6. The van der Waals surface area contributed by atoms with E-state index in [0.29, 0.717) is 6.54 Å². The summed E-state index contributed by atoms with van der Waals surface area (Å²) in [5.41, 5.74) is 3.76. The smallest absolute Gasteiger partial charge is 0.306 e. The first-order valence-electron chi connectivity index (χ1n) is 6.74. The Bertz CT molecular complexity index is 336. The second-order valence-electron chi connectivity index (χ2n) is 5.80. The second-order valence-corrected chi connectivity index (χ2v) is 5.80. The van der Waals surface area contributed by atoms with E-state index >= 15 is 0 Å². The fourth-order valence-electron chi connectivity index (χ4n) is 2.60. The molecule has 6 nitrogen and oxygen atoms in total. The predicted molar refractivity (Wildman–Crippen MR) is 70.5 cm³/mol. The summed E-state index contributed by atoms with van der Waals surface area (Å²) in [6, 6.07) is 0. The summed E-state index contributed by atoms with van der Waals surface area (Å²) in [7, 11) is 0. The van der Waals surface area contributed by atoms with E-state index in [1.54, 1.807) is 0 Å². The van der Waals surface area contributed by atoms with Crippen LogP contribution in [-0.2, 0) is 9.59 Å². The van der Waals surface area contributed by atoms with Crippen molar-refractivity contribution >= 4 is 11.9 Å². The van der Waals surface area contributed by atoms with Crippen LogP contribution in [0.1, 0.15) is 45.4 Å². The summed E-state index contributed by atoms with van der Waals surface area (Å²) in [6.07, 6.45) is 4.20. The molecule has 1 aliphatic carbocycles. The Kier molecular flexibility index (Phi) is 5.31. The van der Waals surface area contributed by atoms with E-state index < -0.39 is 23.4 Å². The molecule has 1 amide bonds. The summed E-state index contributed by atoms with van der Waals surface area (Å²) in [5, 5.41) is 21.2. The molecule has 0 aromatic carbocycles. The Hall–Kier alpha value is -1.14. The molecule has 0 aromatic rings. The maximum atomic E-state index is 12.2. The van der Waals surface area contributed by atoms with Crippen molar-refractivity contribution in [2.75, 3.05) is 13.1 Å². The van der Waals surface area contributed by atoms with Gasteiger partial charge in [0, 0.05) is 13.1 Å². The van der Waals surface area contributed by atoms with Gasteiger partial charge in [-0.05, 0) is 19.8 Å². The molecule has 0 bridgehead atoms. The minimum atomic E-state index is -1.44. The quantitative estimate of drug-likeness (QED) is 0.553. The van der Waals surface area contributed by atoms with Crippen LogP contribution in [0.15, 0.2) is 0 Å². The SMILES string of the molecule is CC(O)(CNC(=O)C1(CN)CCCCC1)CC(=O)O. The number of carboxylic acids is 1. The number of hydrogen-bond acceptors (Lipinski definition) is 4. The summed E-state index contributed by atoms with van der Waals surface area (Å²) in [6.45, 7) is 1.62. The van der Waals surface area contributed by atoms with E-state index in [1.807, 2.05) is 0 Å². The number of nitrogens with one attached hydrogen (secondary N) is 1. The first-order chi connectivity index (χ1) is 8.81. The molecule has 6 heteroatoms. The lowest BCUT2D eigenvalue weighted by Gasteiger charge is -2.35. The number of carboxylic acid groups (broad SMARTS) is 1. The van der Waals surface area contributed by atoms with Gasteiger partial charge in [-0.3, -0.25) is 9.59 Å². The highest BCUT2D eigenvalue weighted by Gasteiger charge is 2.38. The van der Waals surface area contributed by atoms with Crippen molar-refractivity contribution < 1.29 is 19.8 Å². The van der Waals surface area contributed by atoms with Crippen molar-refractivity contribution in [1.29, 1.82) is 0 Å². The van der Waals surface area contributed by atoms with Crippen LogP contribution in [0.25, 0.3) is 0 Å². The number of hydrogen-bond donors (Lipinski definition) is 4. The fourth-order valence-corrected chi connectivity index (χ4v) is 2.60. The summed E-state index contributed by atoms with van der Waals surface area (Å²) < 4.78 is 0. The van der Waals surface area contributed by atoms with E-state index in [2.05, 4.69) is 5.32 Å². The molecule has 0 heterocycles.